The molecular weight excluding hydrogens is 206 g/mol. The monoisotopic (exact) mass is 219 g/mol. The van der Waals surface area contributed by atoms with E-state index < -0.39 is 5.97 Å². The molecule has 5 heteroatoms. The Morgan fingerprint density at radius 3 is 2.94 bits per heavy atom. The molecule has 0 unspecified atom stereocenters. The van der Waals surface area contributed by atoms with E-state index in [1.165, 1.54) is 7.11 Å². The molecule has 1 aliphatic carbocycles. The standard InChI is InChI=1S/C11H13N3O2/c1-16-11(15)10-9(7-4-5-7)13-8(14-10)3-2-6-12/h2-3,6-7,12H,4-5H2,1H3,(H,13,14)/b3-2-,12-6?. The number of nitrogens with one attached hydrogen (secondary N) is 2. The van der Waals surface area contributed by atoms with Crippen LogP contribution in [0.4, 0.5) is 0 Å². The fraction of sp³-hybridized carbons (Fsp3) is 0.364. The number of rotatable bonds is 4. The van der Waals surface area contributed by atoms with Gasteiger partial charge in [-0.15, -0.1) is 0 Å². The summed E-state index contributed by atoms with van der Waals surface area (Å²) in [7, 11) is 1.35. The van der Waals surface area contributed by atoms with Gasteiger partial charge in [-0.25, -0.2) is 9.78 Å². The minimum Gasteiger partial charge on any atom is -0.464 e. The molecule has 1 aliphatic rings. The van der Waals surface area contributed by atoms with Crippen LogP contribution < -0.4 is 0 Å². The summed E-state index contributed by atoms with van der Waals surface area (Å²) in [5, 5.41) is 6.88. The van der Waals surface area contributed by atoms with Gasteiger partial charge >= 0.3 is 5.97 Å². The average molecular weight is 219 g/mol. The minimum absolute atomic E-state index is 0.370. The summed E-state index contributed by atoms with van der Waals surface area (Å²) in [6.45, 7) is 0. The average Bonchev–Trinajstić information content (AvgIpc) is 3.06. The predicted octanol–water partition coefficient (Wildman–Crippen LogP) is 1.74. The van der Waals surface area contributed by atoms with Gasteiger partial charge in [-0.05, 0) is 25.0 Å². The van der Waals surface area contributed by atoms with Gasteiger partial charge in [-0.3, -0.25) is 0 Å². The summed E-state index contributed by atoms with van der Waals surface area (Å²) >= 11 is 0. The number of ether oxygens (including phenoxy) is 1. The molecule has 0 atom stereocenters. The van der Waals surface area contributed by atoms with Gasteiger partial charge < -0.3 is 15.1 Å². The number of esters is 1. The van der Waals surface area contributed by atoms with Crippen molar-refractivity contribution in [2.75, 3.05) is 7.11 Å². The molecule has 2 rings (SSSR count). The van der Waals surface area contributed by atoms with Crippen molar-refractivity contribution in [3.63, 3.8) is 0 Å². The quantitative estimate of drug-likeness (QED) is 0.598. The first-order chi connectivity index (χ1) is 7.76. The third-order valence-electron chi connectivity index (χ3n) is 2.46. The summed E-state index contributed by atoms with van der Waals surface area (Å²) < 4.78 is 4.68. The zero-order valence-corrected chi connectivity index (χ0v) is 8.99. The van der Waals surface area contributed by atoms with E-state index in [1.54, 1.807) is 12.2 Å². The number of carbonyl (C=O) groups excluding carboxylic acids is 1. The maximum Gasteiger partial charge on any atom is 0.358 e. The van der Waals surface area contributed by atoms with Crippen LogP contribution in [-0.2, 0) is 4.74 Å². The zero-order valence-electron chi connectivity index (χ0n) is 8.99. The Kier molecular flexibility index (Phi) is 2.85. The lowest BCUT2D eigenvalue weighted by Crippen LogP contribution is -2.04. The lowest BCUT2D eigenvalue weighted by atomic mass is 10.2. The topological polar surface area (TPSA) is 78.8 Å². The molecule has 5 nitrogen and oxygen atoms in total. The number of H-pyrrole nitrogens is 1. The summed E-state index contributed by atoms with van der Waals surface area (Å²) in [4.78, 5) is 18.7. The molecule has 0 saturated heterocycles. The van der Waals surface area contributed by atoms with Gasteiger partial charge in [0.25, 0.3) is 0 Å². The first-order valence-electron chi connectivity index (χ1n) is 5.11. The van der Waals surface area contributed by atoms with Crippen molar-refractivity contribution in [3.8, 4) is 0 Å². The molecule has 0 bridgehead atoms. The molecule has 0 radical (unpaired) electrons. The Hall–Kier alpha value is -1.91. The number of aromatic amines is 1. The fourth-order valence-corrected chi connectivity index (χ4v) is 1.54. The number of imidazole rings is 1. The Labute approximate surface area is 93.0 Å². The molecule has 16 heavy (non-hydrogen) atoms. The van der Waals surface area contributed by atoms with E-state index in [9.17, 15) is 4.79 Å². The summed E-state index contributed by atoms with van der Waals surface area (Å²) in [6.07, 6.45) is 6.54. The fourth-order valence-electron chi connectivity index (χ4n) is 1.54. The van der Waals surface area contributed by atoms with Crippen molar-refractivity contribution in [1.29, 1.82) is 5.41 Å². The first-order valence-corrected chi connectivity index (χ1v) is 5.11. The van der Waals surface area contributed by atoms with Crippen LogP contribution in [0.5, 0.6) is 0 Å². The van der Waals surface area contributed by atoms with Crippen molar-refractivity contribution >= 4 is 18.3 Å². The molecule has 1 heterocycles. The van der Waals surface area contributed by atoms with Crippen molar-refractivity contribution in [1.82, 2.24) is 9.97 Å². The smallest absolute Gasteiger partial charge is 0.358 e. The van der Waals surface area contributed by atoms with Crippen molar-refractivity contribution in [3.05, 3.63) is 23.3 Å². The van der Waals surface area contributed by atoms with Crippen LogP contribution in [0.2, 0.25) is 0 Å². The second-order valence-electron chi connectivity index (χ2n) is 3.68. The van der Waals surface area contributed by atoms with Crippen LogP contribution >= 0.6 is 0 Å². The van der Waals surface area contributed by atoms with Crippen molar-refractivity contribution in [2.24, 2.45) is 0 Å². The van der Waals surface area contributed by atoms with E-state index in [1.807, 2.05) is 0 Å². The highest BCUT2D eigenvalue weighted by Crippen LogP contribution is 2.40. The summed E-state index contributed by atoms with van der Waals surface area (Å²) in [6, 6.07) is 0. The zero-order chi connectivity index (χ0) is 11.5. The molecule has 0 amide bonds. The van der Waals surface area contributed by atoms with Crippen LogP contribution in [0.25, 0.3) is 6.08 Å². The highest BCUT2D eigenvalue weighted by molar-refractivity contribution is 5.89. The highest BCUT2D eigenvalue weighted by Gasteiger charge is 2.31. The van der Waals surface area contributed by atoms with E-state index >= 15 is 0 Å². The lowest BCUT2D eigenvalue weighted by molar-refractivity contribution is 0.0593. The molecule has 0 spiro atoms. The molecule has 0 aromatic carbocycles. The van der Waals surface area contributed by atoms with Crippen LogP contribution in [0.1, 0.15) is 40.8 Å². The van der Waals surface area contributed by atoms with Gasteiger partial charge in [0, 0.05) is 12.1 Å². The van der Waals surface area contributed by atoms with Gasteiger partial charge in [0.1, 0.15) is 5.82 Å². The van der Waals surface area contributed by atoms with E-state index in [4.69, 9.17) is 5.41 Å². The molecule has 1 aromatic heterocycles. The first kappa shape index (κ1) is 10.6. The molecule has 1 saturated carbocycles. The SMILES string of the molecule is COC(=O)c1nc(/C=C\C=N)[nH]c1C1CC1. The van der Waals surface area contributed by atoms with E-state index in [-0.39, 0.29) is 0 Å². The van der Waals surface area contributed by atoms with Gasteiger partial charge in [0.05, 0.1) is 12.8 Å². The number of methoxy groups -OCH3 is 1. The number of carbonyl (C=O) groups is 1. The lowest BCUT2D eigenvalue weighted by Gasteiger charge is -1.97. The highest BCUT2D eigenvalue weighted by atomic mass is 16.5. The van der Waals surface area contributed by atoms with E-state index in [2.05, 4.69) is 14.7 Å². The second-order valence-corrected chi connectivity index (χ2v) is 3.68. The molecule has 1 fully saturated rings. The maximum absolute atomic E-state index is 11.5. The van der Waals surface area contributed by atoms with Gasteiger partial charge in [0.15, 0.2) is 5.69 Å². The maximum atomic E-state index is 11.5. The summed E-state index contributed by atoms with van der Waals surface area (Å²) in [5.41, 5.74) is 1.23. The van der Waals surface area contributed by atoms with Crippen LogP contribution in [0, 0.1) is 5.41 Å². The van der Waals surface area contributed by atoms with Crippen LogP contribution in [0.3, 0.4) is 0 Å². The predicted molar refractivity (Wildman–Crippen MR) is 59.7 cm³/mol. The second kappa shape index (κ2) is 4.30. The molecular formula is C11H13N3O2. The molecule has 0 aliphatic heterocycles. The minimum atomic E-state index is -0.410. The van der Waals surface area contributed by atoms with E-state index in [0.29, 0.717) is 17.4 Å². The van der Waals surface area contributed by atoms with Gasteiger partial charge in [0.2, 0.25) is 0 Å². The summed E-state index contributed by atoms with van der Waals surface area (Å²) in [5.74, 6) is 0.585. The number of hydrogen-bond donors (Lipinski definition) is 2. The molecule has 84 valence electrons. The van der Waals surface area contributed by atoms with Gasteiger partial charge in [-0.1, -0.05) is 0 Å². The number of aromatic nitrogens is 2. The van der Waals surface area contributed by atoms with Gasteiger partial charge in [-0.2, -0.15) is 0 Å². The largest absolute Gasteiger partial charge is 0.464 e. The molecule has 1 aromatic rings. The number of hydrogen-bond acceptors (Lipinski definition) is 4. The van der Waals surface area contributed by atoms with Crippen molar-refractivity contribution in [2.45, 2.75) is 18.8 Å². The number of nitrogens with zero attached hydrogens (tertiary/aromatic N) is 1. The third-order valence-corrected chi connectivity index (χ3v) is 2.46. The van der Waals surface area contributed by atoms with Crippen LogP contribution in [0.15, 0.2) is 6.08 Å². The molecule has 2 N–H and O–H groups in total. The Morgan fingerprint density at radius 2 is 2.38 bits per heavy atom. The Bertz CT molecular complexity index is 444. The van der Waals surface area contributed by atoms with E-state index in [0.717, 1.165) is 24.8 Å². The van der Waals surface area contributed by atoms with Crippen LogP contribution in [-0.4, -0.2) is 29.3 Å². The Balaban J connectivity index is 2.33. The van der Waals surface area contributed by atoms with Crippen molar-refractivity contribution < 1.29 is 9.53 Å². The Morgan fingerprint density at radius 1 is 1.62 bits per heavy atom. The number of allylic oxidation sites excluding steroid dienone is 1. The normalized spacial score (nSPS) is 15.3. The third kappa shape index (κ3) is 2.03.